The van der Waals surface area contributed by atoms with Crippen LogP contribution in [0.3, 0.4) is 0 Å². The van der Waals surface area contributed by atoms with Gasteiger partial charge in [0, 0.05) is 12.6 Å². The average Bonchev–Trinajstić information content (AvgIpc) is 2.85. The fourth-order valence-corrected chi connectivity index (χ4v) is 3.61. The van der Waals surface area contributed by atoms with Gasteiger partial charge in [0.2, 0.25) is 0 Å². The van der Waals surface area contributed by atoms with Crippen molar-refractivity contribution >= 4 is 28.4 Å². The van der Waals surface area contributed by atoms with Crippen LogP contribution in [-0.4, -0.2) is 35.7 Å². The van der Waals surface area contributed by atoms with Crippen molar-refractivity contribution in [1.82, 2.24) is 10.1 Å². The van der Waals surface area contributed by atoms with Crippen molar-refractivity contribution in [2.24, 2.45) is 5.92 Å². The van der Waals surface area contributed by atoms with Gasteiger partial charge in [0.15, 0.2) is 11.4 Å². The lowest BCUT2D eigenvalue weighted by Crippen LogP contribution is -2.53. The Hall–Kier alpha value is -1.26. The van der Waals surface area contributed by atoms with Crippen LogP contribution in [0.5, 0.6) is 0 Å². The van der Waals surface area contributed by atoms with Crippen LogP contribution >= 0.6 is 11.6 Å². The smallest absolute Gasteiger partial charge is 0.179 e. The van der Waals surface area contributed by atoms with Crippen molar-refractivity contribution < 1.29 is 4.52 Å². The second kappa shape index (κ2) is 4.39. The third kappa shape index (κ3) is 1.90. The SMILES string of the molecule is Clc1cccc2onc(N[C@@H]3CN4CCC3CC4)c12. The zero-order valence-electron chi connectivity index (χ0n) is 10.6. The van der Waals surface area contributed by atoms with Crippen LogP contribution in [0, 0.1) is 5.92 Å². The summed E-state index contributed by atoms with van der Waals surface area (Å²) in [5, 5.41) is 9.29. The second-order valence-electron chi connectivity index (χ2n) is 5.53. The number of hydrogen-bond acceptors (Lipinski definition) is 4. The summed E-state index contributed by atoms with van der Waals surface area (Å²) in [6, 6.07) is 6.12. The summed E-state index contributed by atoms with van der Waals surface area (Å²) in [5.74, 6) is 1.54. The molecule has 4 nitrogen and oxygen atoms in total. The highest BCUT2D eigenvalue weighted by Crippen LogP contribution is 2.34. The molecular formula is C14H16ClN3O. The Bertz CT molecular complexity index is 604. The maximum Gasteiger partial charge on any atom is 0.179 e. The van der Waals surface area contributed by atoms with Crippen molar-refractivity contribution in [3.05, 3.63) is 23.2 Å². The number of halogens is 1. The van der Waals surface area contributed by atoms with E-state index in [1.54, 1.807) is 0 Å². The molecule has 3 aliphatic rings. The van der Waals surface area contributed by atoms with E-state index in [0.29, 0.717) is 11.1 Å². The van der Waals surface area contributed by atoms with Crippen LogP contribution < -0.4 is 5.32 Å². The third-order valence-corrected chi connectivity index (χ3v) is 4.74. The largest absolute Gasteiger partial charge is 0.362 e. The highest BCUT2D eigenvalue weighted by molar-refractivity contribution is 6.36. The predicted octanol–water partition coefficient (Wildman–Crippen LogP) is 2.99. The standard InChI is InChI=1S/C14H16ClN3O/c15-10-2-1-3-12-13(10)14(17-19-12)16-11-8-18-6-4-9(11)5-7-18/h1-3,9,11H,4-8H2,(H,16,17)/t11-/m1/s1. The van der Waals surface area contributed by atoms with Gasteiger partial charge in [-0.3, -0.25) is 0 Å². The lowest BCUT2D eigenvalue weighted by molar-refractivity contribution is 0.0973. The fraction of sp³-hybridized carbons (Fsp3) is 0.500. The third-order valence-electron chi connectivity index (χ3n) is 4.43. The Morgan fingerprint density at radius 3 is 2.89 bits per heavy atom. The molecule has 1 N–H and O–H groups in total. The first-order valence-electron chi connectivity index (χ1n) is 6.84. The molecule has 1 aromatic carbocycles. The minimum atomic E-state index is 0.465. The second-order valence-corrected chi connectivity index (χ2v) is 5.94. The molecule has 1 aromatic heterocycles. The molecular weight excluding hydrogens is 262 g/mol. The van der Waals surface area contributed by atoms with Gasteiger partial charge in [0.1, 0.15) is 0 Å². The number of rotatable bonds is 2. The topological polar surface area (TPSA) is 41.3 Å². The Balaban J connectivity index is 1.65. The highest BCUT2D eigenvalue weighted by atomic mass is 35.5. The molecule has 5 heteroatoms. The van der Waals surface area contributed by atoms with Crippen molar-refractivity contribution in [2.45, 2.75) is 18.9 Å². The van der Waals surface area contributed by atoms with Gasteiger partial charge in [-0.15, -0.1) is 0 Å². The number of nitrogens with one attached hydrogen (secondary N) is 1. The quantitative estimate of drug-likeness (QED) is 0.916. The van der Waals surface area contributed by atoms with Crippen LogP contribution in [-0.2, 0) is 0 Å². The molecule has 2 bridgehead atoms. The number of benzene rings is 1. The molecule has 0 spiro atoms. The lowest BCUT2D eigenvalue weighted by Gasteiger charge is -2.44. The molecule has 100 valence electrons. The molecule has 3 saturated heterocycles. The average molecular weight is 278 g/mol. The summed E-state index contributed by atoms with van der Waals surface area (Å²) in [6.07, 6.45) is 2.56. The molecule has 2 aromatic rings. The van der Waals surface area contributed by atoms with E-state index >= 15 is 0 Å². The minimum absolute atomic E-state index is 0.465. The molecule has 4 heterocycles. The monoisotopic (exact) mass is 277 g/mol. The number of nitrogens with zero attached hydrogens (tertiary/aromatic N) is 2. The fourth-order valence-electron chi connectivity index (χ4n) is 3.35. The van der Waals surface area contributed by atoms with Crippen LogP contribution in [0.1, 0.15) is 12.8 Å². The Labute approximate surface area is 116 Å². The van der Waals surface area contributed by atoms with Crippen LogP contribution in [0.25, 0.3) is 11.0 Å². The summed E-state index contributed by atoms with van der Waals surface area (Å²) in [7, 11) is 0. The molecule has 0 amide bonds. The van der Waals surface area contributed by atoms with Gasteiger partial charge >= 0.3 is 0 Å². The van der Waals surface area contributed by atoms with E-state index in [1.165, 1.54) is 25.9 Å². The lowest BCUT2D eigenvalue weighted by atomic mass is 9.84. The first-order valence-corrected chi connectivity index (χ1v) is 7.22. The normalized spacial score (nSPS) is 29.8. The summed E-state index contributed by atoms with van der Waals surface area (Å²) < 4.78 is 5.34. The van der Waals surface area contributed by atoms with Crippen molar-refractivity contribution in [2.75, 3.05) is 25.0 Å². The van der Waals surface area contributed by atoms with Crippen LogP contribution in [0.15, 0.2) is 22.7 Å². The van der Waals surface area contributed by atoms with Crippen molar-refractivity contribution in [1.29, 1.82) is 0 Å². The van der Waals surface area contributed by atoms with E-state index in [-0.39, 0.29) is 0 Å². The maximum absolute atomic E-state index is 6.25. The van der Waals surface area contributed by atoms with Gasteiger partial charge < -0.3 is 14.7 Å². The number of piperidine rings is 3. The Morgan fingerprint density at radius 1 is 1.32 bits per heavy atom. The molecule has 0 unspecified atom stereocenters. The van der Waals surface area contributed by atoms with E-state index in [1.807, 2.05) is 18.2 Å². The summed E-state index contributed by atoms with van der Waals surface area (Å²) in [5.41, 5.74) is 0.747. The summed E-state index contributed by atoms with van der Waals surface area (Å²) >= 11 is 6.25. The van der Waals surface area contributed by atoms with E-state index < -0.39 is 0 Å². The molecule has 3 fully saturated rings. The molecule has 0 saturated carbocycles. The van der Waals surface area contributed by atoms with Crippen LogP contribution in [0.4, 0.5) is 5.82 Å². The molecule has 0 radical (unpaired) electrons. The van der Waals surface area contributed by atoms with Gasteiger partial charge in [-0.2, -0.15) is 0 Å². The number of anilines is 1. The predicted molar refractivity (Wildman–Crippen MR) is 75.6 cm³/mol. The van der Waals surface area contributed by atoms with E-state index in [2.05, 4.69) is 15.4 Å². The minimum Gasteiger partial charge on any atom is -0.362 e. The van der Waals surface area contributed by atoms with Gasteiger partial charge in [0.05, 0.1) is 10.4 Å². The molecule has 1 atom stereocenters. The number of hydrogen-bond donors (Lipinski definition) is 1. The van der Waals surface area contributed by atoms with Crippen LogP contribution in [0.2, 0.25) is 5.02 Å². The molecule has 0 aliphatic carbocycles. The molecule has 3 aliphatic heterocycles. The van der Waals surface area contributed by atoms with Gasteiger partial charge in [-0.25, -0.2) is 0 Å². The van der Waals surface area contributed by atoms with Gasteiger partial charge in [-0.1, -0.05) is 22.8 Å². The van der Waals surface area contributed by atoms with Crippen molar-refractivity contribution in [3.8, 4) is 0 Å². The summed E-state index contributed by atoms with van der Waals surface area (Å²) in [4.78, 5) is 2.52. The molecule has 5 rings (SSSR count). The Morgan fingerprint density at radius 2 is 2.16 bits per heavy atom. The van der Waals surface area contributed by atoms with Gasteiger partial charge in [-0.05, 0) is 44.0 Å². The maximum atomic E-state index is 6.25. The van der Waals surface area contributed by atoms with E-state index in [9.17, 15) is 0 Å². The number of fused-ring (bicyclic) bond motifs is 4. The summed E-state index contributed by atoms with van der Waals surface area (Å²) in [6.45, 7) is 3.58. The highest BCUT2D eigenvalue weighted by Gasteiger charge is 2.34. The zero-order valence-corrected chi connectivity index (χ0v) is 11.4. The van der Waals surface area contributed by atoms with E-state index in [0.717, 1.165) is 29.2 Å². The van der Waals surface area contributed by atoms with Crippen molar-refractivity contribution in [3.63, 3.8) is 0 Å². The van der Waals surface area contributed by atoms with Gasteiger partial charge in [0.25, 0.3) is 0 Å². The number of aromatic nitrogens is 1. The zero-order chi connectivity index (χ0) is 12.8. The van der Waals surface area contributed by atoms with E-state index in [4.69, 9.17) is 16.1 Å². The molecule has 19 heavy (non-hydrogen) atoms. The first-order chi connectivity index (χ1) is 9.31. The first kappa shape index (κ1) is 11.6. The Kier molecular flexibility index (Phi) is 2.67.